The minimum atomic E-state index is 0.00408. The first-order valence-corrected chi connectivity index (χ1v) is 8.65. The maximum absolute atomic E-state index is 12.9. The summed E-state index contributed by atoms with van der Waals surface area (Å²) in [7, 11) is 0. The third-order valence-electron chi connectivity index (χ3n) is 4.72. The summed E-state index contributed by atoms with van der Waals surface area (Å²) in [6, 6.07) is 10.2. The lowest BCUT2D eigenvalue weighted by Gasteiger charge is -2.23. The Bertz CT molecular complexity index is 706. The highest BCUT2D eigenvalue weighted by molar-refractivity contribution is 5.93. The quantitative estimate of drug-likeness (QED) is 0.918. The lowest BCUT2D eigenvalue weighted by Crippen LogP contribution is -2.36. The Labute approximate surface area is 142 Å². The number of aliphatic hydroxyl groups is 1. The molecule has 1 atom stereocenters. The largest absolute Gasteiger partial charge is 0.396 e. The van der Waals surface area contributed by atoms with Crippen LogP contribution in [0.3, 0.4) is 0 Å². The highest BCUT2D eigenvalue weighted by atomic mass is 16.3. The molecule has 0 spiro atoms. The van der Waals surface area contributed by atoms with Crippen molar-refractivity contribution in [2.45, 2.75) is 45.6 Å². The Morgan fingerprint density at radius 2 is 2.04 bits per heavy atom. The summed E-state index contributed by atoms with van der Waals surface area (Å²) in [5, 5.41) is 13.6. The van der Waals surface area contributed by atoms with Gasteiger partial charge in [0.05, 0.1) is 5.69 Å². The van der Waals surface area contributed by atoms with E-state index < -0.39 is 0 Å². The molecule has 2 aromatic rings. The van der Waals surface area contributed by atoms with Crippen molar-refractivity contribution in [3.05, 3.63) is 47.3 Å². The monoisotopic (exact) mass is 327 g/mol. The summed E-state index contributed by atoms with van der Waals surface area (Å²) in [5.74, 6) is 0.00408. The Balaban J connectivity index is 1.81. The Hall–Kier alpha value is -2.14. The van der Waals surface area contributed by atoms with Gasteiger partial charge in [0.25, 0.3) is 5.91 Å². The van der Waals surface area contributed by atoms with Crippen molar-refractivity contribution in [2.75, 3.05) is 13.2 Å². The van der Waals surface area contributed by atoms with Crippen LogP contribution >= 0.6 is 0 Å². The van der Waals surface area contributed by atoms with Gasteiger partial charge in [0.2, 0.25) is 0 Å². The topological polar surface area (TPSA) is 58.4 Å². The molecule has 2 heterocycles. The normalized spacial score (nSPS) is 17.5. The van der Waals surface area contributed by atoms with Gasteiger partial charge >= 0.3 is 0 Å². The van der Waals surface area contributed by atoms with Gasteiger partial charge in [-0.25, -0.2) is 4.68 Å². The van der Waals surface area contributed by atoms with E-state index in [2.05, 4.69) is 12.0 Å². The molecule has 1 N–H and O–H groups in total. The maximum Gasteiger partial charge on any atom is 0.274 e. The van der Waals surface area contributed by atoms with Crippen LogP contribution in [0.1, 0.15) is 47.4 Å². The summed E-state index contributed by atoms with van der Waals surface area (Å²) < 4.78 is 1.82. The van der Waals surface area contributed by atoms with Gasteiger partial charge in [-0.05, 0) is 57.7 Å². The van der Waals surface area contributed by atoms with Crippen molar-refractivity contribution in [1.82, 2.24) is 14.7 Å². The van der Waals surface area contributed by atoms with Gasteiger partial charge in [0.1, 0.15) is 0 Å². The molecule has 128 valence electrons. The predicted molar refractivity (Wildman–Crippen MR) is 93.4 cm³/mol. The van der Waals surface area contributed by atoms with Gasteiger partial charge in [-0.1, -0.05) is 17.7 Å². The number of hydrogen-bond donors (Lipinski definition) is 1. The molecule has 0 saturated carbocycles. The molecule has 1 amide bonds. The van der Waals surface area contributed by atoms with Crippen molar-refractivity contribution < 1.29 is 9.90 Å². The van der Waals surface area contributed by atoms with E-state index in [4.69, 9.17) is 5.11 Å². The molecule has 3 rings (SSSR count). The highest BCUT2D eigenvalue weighted by Gasteiger charge is 2.30. The first kappa shape index (κ1) is 16.7. The predicted octanol–water partition coefficient (Wildman–Crippen LogP) is 2.87. The molecule has 1 aliphatic rings. The van der Waals surface area contributed by atoms with Crippen molar-refractivity contribution in [1.29, 1.82) is 0 Å². The first-order chi connectivity index (χ1) is 11.6. The van der Waals surface area contributed by atoms with Gasteiger partial charge in [-0.15, -0.1) is 0 Å². The Morgan fingerprint density at radius 1 is 1.29 bits per heavy atom. The molecule has 1 aliphatic heterocycles. The smallest absolute Gasteiger partial charge is 0.274 e. The zero-order valence-electron chi connectivity index (χ0n) is 14.4. The van der Waals surface area contributed by atoms with Crippen LogP contribution in [-0.4, -0.2) is 44.9 Å². The summed E-state index contributed by atoms with van der Waals surface area (Å²) >= 11 is 0. The lowest BCUT2D eigenvalue weighted by molar-refractivity contribution is 0.0718. The second-order valence-corrected chi connectivity index (χ2v) is 6.58. The Kier molecular flexibility index (Phi) is 5.00. The molecule has 0 radical (unpaired) electrons. The summed E-state index contributed by atoms with van der Waals surface area (Å²) in [4.78, 5) is 14.8. The van der Waals surface area contributed by atoms with Crippen molar-refractivity contribution >= 4 is 5.91 Å². The van der Waals surface area contributed by atoms with Crippen LogP contribution in [0.5, 0.6) is 0 Å². The highest BCUT2D eigenvalue weighted by Crippen LogP contribution is 2.24. The number of carbonyl (C=O) groups excluding carboxylic acids is 1. The number of aliphatic hydroxyl groups excluding tert-OH is 1. The minimum absolute atomic E-state index is 0.00408. The number of aryl methyl sites for hydroxylation is 2. The van der Waals surface area contributed by atoms with Crippen molar-refractivity contribution in [3.8, 4) is 5.69 Å². The van der Waals surface area contributed by atoms with E-state index in [0.717, 1.165) is 43.6 Å². The van der Waals surface area contributed by atoms with Gasteiger partial charge in [0, 0.05) is 24.9 Å². The van der Waals surface area contributed by atoms with Gasteiger partial charge < -0.3 is 10.0 Å². The van der Waals surface area contributed by atoms with Crippen LogP contribution in [0.2, 0.25) is 0 Å². The zero-order chi connectivity index (χ0) is 17.1. The fourth-order valence-electron chi connectivity index (χ4n) is 3.40. The molecular formula is C19H25N3O2. The van der Waals surface area contributed by atoms with Gasteiger partial charge in [-0.3, -0.25) is 4.79 Å². The number of carbonyl (C=O) groups is 1. The number of likely N-dealkylation sites (tertiary alicyclic amines) is 1. The second kappa shape index (κ2) is 7.18. The molecule has 1 fully saturated rings. The van der Waals surface area contributed by atoms with Crippen LogP contribution in [0.15, 0.2) is 30.3 Å². The average molecular weight is 327 g/mol. The van der Waals surface area contributed by atoms with E-state index >= 15 is 0 Å². The molecule has 1 aromatic carbocycles. The fourth-order valence-corrected chi connectivity index (χ4v) is 3.40. The van der Waals surface area contributed by atoms with Crippen LogP contribution in [-0.2, 0) is 0 Å². The van der Waals surface area contributed by atoms with E-state index in [-0.39, 0.29) is 18.6 Å². The first-order valence-electron chi connectivity index (χ1n) is 8.65. The number of amides is 1. The summed E-state index contributed by atoms with van der Waals surface area (Å²) in [6.07, 6.45) is 3.65. The van der Waals surface area contributed by atoms with E-state index in [1.165, 1.54) is 5.56 Å². The van der Waals surface area contributed by atoms with Gasteiger partial charge in [0.15, 0.2) is 5.69 Å². The molecule has 24 heavy (non-hydrogen) atoms. The number of benzene rings is 1. The molecule has 5 heteroatoms. The van der Waals surface area contributed by atoms with Crippen molar-refractivity contribution in [3.63, 3.8) is 0 Å². The Morgan fingerprint density at radius 3 is 2.75 bits per heavy atom. The van der Waals surface area contributed by atoms with Crippen LogP contribution in [0, 0.1) is 13.8 Å². The number of nitrogens with zero attached hydrogens (tertiary/aromatic N) is 3. The summed E-state index contributed by atoms with van der Waals surface area (Å²) in [6.45, 7) is 4.98. The SMILES string of the molecule is Cc1ccc(-n2nc(C(=O)N3CCC[C@@H]3CCCO)cc2C)cc1. The molecule has 0 unspecified atom stereocenters. The maximum atomic E-state index is 12.9. The minimum Gasteiger partial charge on any atom is -0.396 e. The van der Waals surface area contributed by atoms with Crippen molar-refractivity contribution in [2.24, 2.45) is 0 Å². The van der Waals surface area contributed by atoms with E-state index in [1.54, 1.807) is 0 Å². The summed E-state index contributed by atoms with van der Waals surface area (Å²) in [5.41, 5.74) is 3.62. The fraction of sp³-hybridized carbons (Fsp3) is 0.474. The molecule has 0 aliphatic carbocycles. The lowest BCUT2D eigenvalue weighted by atomic mass is 10.1. The number of aromatic nitrogens is 2. The standard InChI is InChI=1S/C19H25N3O2/c1-14-7-9-17(10-8-14)22-15(2)13-18(20-22)19(24)21-11-3-5-16(21)6-4-12-23/h7-10,13,16,23H,3-6,11-12H2,1-2H3/t16-/m1/s1. The molecule has 1 aromatic heterocycles. The van der Waals surface area contributed by atoms with E-state index in [1.807, 2.05) is 46.8 Å². The molecule has 1 saturated heterocycles. The van der Waals surface area contributed by atoms with E-state index in [0.29, 0.717) is 5.69 Å². The van der Waals surface area contributed by atoms with Crippen LogP contribution in [0.4, 0.5) is 0 Å². The number of rotatable bonds is 5. The third kappa shape index (κ3) is 3.36. The molecular weight excluding hydrogens is 302 g/mol. The molecule has 0 bridgehead atoms. The number of hydrogen-bond acceptors (Lipinski definition) is 3. The average Bonchev–Trinajstić information content (AvgIpc) is 3.19. The second-order valence-electron chi connectivity index (χ2n) is 6.58. The van der Waals surface area contributed by atoms with E-state index in [9.17, 15) is 4.79 Å². The van der Waals surface area contributed by atoms with Gasteiger partial charge in [-0.2, -0.15) is 5.10 Å². The van der Waals surface area contributed by atoms with Crippen LogP contribution in [0.25, 0.3) is 5.69 Å². The van der Waals surface area contributed by atoms with Crippen LogP contribution < -0.4 is 0 Å². The zero-order valence-corrected chi connectivity index (χ0v) is 14.4. The third-order valence-corrected chi connectivity index (χ3v) is 4.72. The molecule has 5 nitrogen and oxygen atoms in total.